The monoisotopic (exact) mass is 266 g/mol. The highest BCUT2D eigenvalue weighted by atomic mass is 35.5. The van der Waals surface area contributed by atoms with Gasteiger partial charge >= 0.3 is 0 Å². The van der Waals surface area contributed by atoms with Crippen LogP contribution in [0.4, 0.5) is 0 Å². The first kappa shape index (κ1) is 12.3. The molecule has 3 nitrogen and oxygen atoms in total. The molecule has 0 atom stereocenters. The zero-order valence-corrected chi connectivity index (χ0v) is 11.3. The minimum atomic E-state index is 0.774. The van der Waals surface area contributed by atoms with E-state index in [2.05, 4.69) is 22.3 Å². The number of benzene rings is 1. The van der Waals surface area contributed by atoms with E-state index in [1.54, 1.807) is 0 Å². The van der Waals surface area contributed by atoms with Crippen LogP contribution in [0.3, 0.4) is 0 Å². The van der Waals surface area contributed by atoms with Gasteiger partial charge in [-0.05, 0) is 23.6 Å². The summed E-state index contributed by atoms with van der Waals surface area (Å²) in [4.78, 5) is 2.51. The van der Waals surface area contributed by atoms with Crippen LogP contribution in [0.2, 0.25) is 5.02 Å². The van der Waals surface area contributed by atoms with Crippen LogP contribution in [0.5, 0.6) is 5.75 Å². The van der Waals surface area contributed by atoms with Crippen LogP contribution >= 0.6 is 11.6 Å². The van der Waals surface area contributed by atoms with Gasteiger partial charge in [0.25, 0.3) is 0 Å². The van der Waals surface area contributed by atoms with E-state index < -0.39 is 0 Å². The van der Waals surface area contributed by atoms with Crippen LogP contribution in [0, 0.1) is 0 Å². The number of ether oxygens (including phenoxy) is 1. The molecule has 1 fully saturated rings. The highest BCUT2D eigenvalue weighted by Gasteiger charge is 2.17. The van der Waals surface area contributed by atoms with Crippen LogP contribution in [-0.2, 0) is 12.8 Å². The van der Waals surface area contributed by atoms with Crippen molar-refractivity contribution in [3.8, 4) is 5.75 Å². The lowest BCUT2D eigenvalue weighted by molar-refractivity contribution is 0.244. The number of rotatable bonds is 3. The molecule has 0 aromatic heterocycles. The van der Waals surface area contributed by atoms with Gasteiger partial charge in [-0.15, -0.1) is 0 Å². The molecule has 18 heavy (non-hydrogen) atoms. The number of hydrogen-bond acceptors (Lipinski definition) is 3. The lowest BCUT2D eigenvalue weighted by atomic mass is 10.1. The second kappa shape index (κ2) is 5.47. The summed E-state index contributed by atoms with van der Waals surface area (Å²) in [6.07, 6.45) is 2.07. The summed E-state index contributed by atoms with van der Waals surface area (Å²) in [6.45, 7) is 6.43. The molecular weight excluding hydrogens is 248 g/mol. The van der Waals surface area contributed by atoms with Crippen LogP contribution in [0.25, 0.3) is 0 Å². The zero-order valence-electron chi connectivity index (χ0n) is 10.5. The maximum Gasteiger partial charge on any atom is 0.141 e. The normalized spacial score (nSPS) is 19.6. The van der Waals surface area contributed by atoms with Crippen molar-refractivity contribution >= 4 is 11.6 Å². The second-order valence-electron chi connectivity index (χ2n) is 5.01. The van der Waals surface area contributed by atoms with Gasteiger partial charge in [0.15, 0.2) is 0 Å². The summed E-state index contributed by atoms with van der Waals surface area (Å²) in [5.41, 5.74) is 2.61. The molecule has 1 N–H and O–H groups in total. The van der Waals surface area contributed by atoms with Gasteiger partial charge in [-0.25, -0.2) is 0 Å². The summed E-state index contributed by atoms with van der Waals surface area (Å²) in [5.74, 6) is 0.905. The molecule has 0 spiro atoms. The summed E-state index contributed by atoms with van der Waals surface area (Å²) in [7, 11) is 0. The minimum Gasteiger partial charge on any atom is -0.491 e. The van der Waals surface area contributed by atoms with Gasteiger partial charge in [0.05, 0.1) is 11.6 Å². The summed E-state index contributed by atoms with van der Waals surface area (Å²) in [6, 6.07) is 4.32. The van der Waals surface area contributed by atoms with Crippen molar-refractivity contribution in [3.05, 3.63) is 28.3 Å². The van der Waals surface area contributed by atoms with E-state index in [-0.39, 0.29) is 0 Å². The van der Waals surface area contributed by atoms with Gasteiger partial charge < -0.3 is 15.0 Å². The number of nitrogens with zero attached hydrogens (tertiary/aromatic N) is 1. The molecule has 1 saturated heterocycles. The number of fused-ring (bicyclic) bond motifs is 1. The summed E-state index contributed by atoms with van der Waals surface area (Å²) >= 11 is 6.25. The van der Waals surface area contributed by atoms with Gasteiger partial charge in [0.2, 0.25) is 0 Å². The summed E-state index contributed by atoms with van der Waals surface area (Å²) in [5, 5.41) is 4.15. The predicted octanol–water partition coefficient (Wildman–Crippen LogP) is 1.72. The Bertz CT molecular complexity index is 430. The molecule has 0 saturated carbocycles. The van der Waals surface area contributed by atoms with Crippen LogP contribution in [-0.4, -0.2) is 44.2 Å². The third kappa shape index (κ3) is 2.63. The van der Waals surface area contributed by atoms with Crippen molar-refractivity contribution in [2.45, 2.75) is 12.8 Å². The van der Waals surface area contributed by atoms with Crippen molar-refractivity contribution in [2.75, 3.05) is 39.3 Å². The Morgan fingerprint density at radius 3 is 2.94 bits per heavy atom. The fourth-order valence-electron chi connectivity index (χ4n) is 2.69. The molecule has 0 aliphatic carbocycles. The molecule has 0 unspecified atom stereocenters. The Kier molecular flexibility index (Phi) is 3.73. The Balaban J connectivity index is 1.64. The highest BCUT2D eigenvalue weighted by molar-refractivity contribution is 6.32. The number of halogens is 1. The average molecular weight is 267 g/mol. The Labute approximate surface area is 113 Å². The maximum atomic E-state index is 6.25. The second-order valence-corrected chi connectivity index (χ2v) is 5.41. The molecule has 2 aliphatic rings. The van der Waals surface area contributed by atoms with Gasteiger partial charge in [-0.1, -0.05) is 17.7 Å². The molecular formula is C14H19ClN2O. The van der Waals surface area contributed by atoms with Crippen molar-refractivity contribution in [1.29, 1.82) is 0 Å². The van der Waals surface area contributed by atoms with Gasteiger partial charge in [0.1, 0.15) is 5.75 Å². The van der Waals surface area contributed by atoms with Crippen molar-refractivity contribution in [1.82, 2.24) is 10.2 Å². The quantitative estimate of drug-likeness (QED) is 0.902. The molecule has 4 heteroatoms. The third-order valence-corrected chi connectivity index (χ3v) is 4.01. The molecule has 1 aromatic carbocycles. The predicted molar refractivity (Wildman–Crippen MR) is 73.7 cm³/mol. The average Bonchev–Trinajstić information content (AvgIpc) is 2.86. The minimum absolute atomic E-state index is 0.774. The Morgan fingerprint density at radius 1 is 1.28 bits per heavy atom. The van der Waals surface area contributed by atoms with E-state index in [0.29, 0.717) is 0 Å². The molecule has 0 amide bonds. The van der Waals surface area contributed by atoms with E-state index in [9.17, 15) is 0 Å². The number of hydrogen-bond donors (Lipinski definition) is 1. The Morgan fingerprint density at radius 2 is 2.11 bits per heavy atom. The number of nitrogens with one attached hydrogen (secondary N) is 1. The fraction of sp³-hybridized carbons (Fsp3) is 0.571. The molecule has 2 heterocycles. The van der Waals surface area contributed by atoms with Crippen LogP contribution < -0.4 is 10.1 Å². The lowest BCUT2D eigenvalue weighted by Crippen LogP contribution is -2.44. The number of piperazine rings is 1. The topological polar surface area (TPSA) is 24.5 Å². The van der Waals surface area contributed by atoms with Crippen molar-refractivity contribution in [3.63, 3.8) is 0 Å². The molecule has 3 rings (SSSR count). The first-order chi connectivity index (χ1) is 8.83. The molecule has 1 aromatic rings. The Hall–Kier alpha value is -0.770. The first-order valence-electron chi connectivity index (χ1n) is 6.70. The van der Waals surface area contributed by atoms with E-state index in [1.807, 2.05) is 0 Å². The third-order valence-electron chi connectivity index (χ3n) is 3.72. The lowest BCUT2D eigenvalue weighted by Gasteiger charge is -2.27. The van der Waals surface area contributed by atoms with Gasteiger partial charge in [0, 0.05) is 39.1 Å². The fourth-order valence-corrected chi connectivity index (χ4v) is 3.01. The molecule has 0 radical (unpaired) electrons. The molecule has 98 valence electrons. The largest absolute Gasteiger partial charge is 0.491 e. The maximum absolute atomic E-state index is 6.25. The molecule has 0 bridgehead atoms. The van der Waals surface area contributed by atoms with E-state index in [0.717, 1.165) is 62.9 Å². The van der Waals surface area contributed by atoms with Crippen LogP contribution in [0.15, 0.2) is 12.1 Å². The van der Waals surface area contributed by atoms with E-state index in [1.165, 1.54) is 11.1 Å². The molecule has 2 aliphatic heterocycles. The van der Waals surface area contributed by atoms with Crippen molar-refractivity contribution < 1.29 is 4.74 Å². The van der Waals surface area contributed by atoms with E-state index in [4.69, 9.17) is 16.3 Å². The van der Waals surface area contributed by atoms with Crippen molar-refractivity contribution in [2.24, 2.45) is 0 Å². The SMILES string of the molecule is Clc1cc(CCN2CCNCC2)cc2c1OCC2. The summed E-state index contributed by atoms with van der Waals surface area (Å²) < 4.78 is 5.53. The highest BCUT2D eigenvalue weighted by Crippen LogP contribution is 2.34. The van der Waals surface area contributed by atoms with Crippen LogP contribution in [0.1, 0.15) is 11.1 Å². The van der Waals surface area contributed by atoms with Gasteiger partial charge in [-0.2, -0.15) is 0 Å². The van der Waals surface area contributed by atoms with E-state index >= 15 is 0 Å². The standard InChI is InChI=1S/C14H19ClN2O/c15-13-10-11(9-12-2-8-18-14(12)13)1-5-17-6-3-16-4-7-17/h9-10,16H,1-8H2. The smallest absolute Gasteiger partial charge is 0.141 e. The first-order valence-corrected chi connectivity index (χ1v) is 7.08. The zero-order chi connectivity index (χ0) is 12.4. The van der Waals surface area contributed by atoms with Gasteiger partial charge in [-0.3, -0.25) is 0 Å².